The van der Waals surface area contributed by atoms with Gasteiger partial charge < -0.3 is 0 Å². The number of hydrogen-bond acceptors (Lipinski definition) is 3. The summed E-state index contributed by atoms with van der Waals surface area (Å²) in [6.07, 6.45) is 5.65. The van der Waals surface area contributed by atoms with Crippen molar-refractivity contribution in [2.24, 2.45) is 5.92 Å². The van der Waals surface area contributed by atoms with Gasteiger partial charge >= 0.3 is 0 Å². The van der Waals surface area contributed by atoms with Crippen LogP contribution in [-0.2, 0) is 13.1 Å². The van der Waals surface area contributed by atoms with Crippen LogP contribution < -0.4 is 0 Å². The molecule has 2 heterocycles. The lowest BCUT2D eigenvalue weighted by Gasteiger charge is -2.29. The second-order valence-corrected chi connectivity index (χ2v) is 4.54. The fourth-order valence-electron chi connectivity index (χ4n) is 1.98. The van der Waals surface area contributed by atoms with Crippen LogP contribution in [0.3, 0.4) is 0 Å². The molecule has 98 valence electrons. The van der Waals surface area contributed by atoms with E-state index in [2.05, 4.69) is 35.3 Å². The maximum Gasteiger partial charge on any atom is 0.0946 e. The minimum absolute atomic E-state index is 0.892. The van der Waals surface area contributed by atoms with Gasteiger partial charge in [0.2, 0.25) is 0 Å². The third kappa shape index (κ3) is 4.46. The molecule has 0 N–H and O–H groups in total. The second kappa shape index (κ2) is 7.43. The van der Waals surface area contributed by atoms with Crippen molar-refractivity contribution >= 4 is 0 Å². The normalized spacial score (nSPS) is 17.6. The molecule has 1 fully saturated rings. The number of likely N-dealkylation sites (tertiary alicyclic amines) is 1. The highest BCUT2D eigenvalue weighted by atomic mass is 15.5. The maximum atomic E-state index is 4.13. The molecule has 0 radical (unpaired) electrons. The Kier molecular flexibility index (Phi) is 6.19. The van der Waals surface area contributed by atoms with Gasteiger partial charge in [0.1, 0.15) is 0 Å². The van der Waals surface area contributed by atoms with Gasteiger partial charge in [-0.15, -0.1) is 5.10 Å². The van der Waals surface area contributed by atoms with E-state index >= 15 is 0 Å². The monoisotopic (exact) mass is 238 g/mol. The molecule has 1 aromatic rings. The molecule has 0 spiro atoms. The van der Waals surface area contributed by atoms with Crippen molar-refractivity contribution in [1.82, 2.24) is 19.9 Å². The van der Waals surface area contributed by atoms with Crippen molar-refractivity contribution in [3.05, 3.63) is 11.9 Å². The van der Waals surface area contributed by atoms with Gasteiger partial charge in [0.15, 0.2) is 0 Å². The molecule has 1 aromatic heterocycles. The summed E-state index contributed by atoms with van der Waals surface area (Å²) in [5.74, 6) is 0.892. The Morgan fingerprint density at radius 2 is 1.94 bits per heavy atom. The van der Waals surface area contributed by atoms with Gasteiger partial charge in [-0.05, 0) is 25.2 Å². The smallest absolute Gasteiger partial charge is 0.0946 e. The Morgan fingerprint density at radius 1 is 1.29 bits per heavy atom. The van der Waals surface area contributed by atoms with Gasteiger partial charge in [-0.1, -0.05) is 32.9 Å². The molecule has 17 heavy (non-hydrogen) atoms. The van der Waals surface area contributed by atoms with Crippen LogP contribution in [0.25, 0.3) is 0 Å². The second-order valence-electron chi connectivity index (χ2n) is 4.54. The van der Waals surface area contributed by atoms with E-state index in [0.717, 1.165) is 24.7 Å². The van der Waals surface area contributed by atoms with E-state index < -0.39 is 0 Å². The third-order valence-corrected chi connectivity index (χ3v) is 3.17. The van der Waals surface area contributed by atoms with Gasteiger partial charge in [-0.25, -0.2) is 4.68 Å². The van der Waals surface area contributed by atoms with Crippen molar-refractivity contribution in [2.45, 2.75) is 53.6 Å². The summed E-state index contributed by atoms with van der Waals surface area (Å²) in [4.78, 5) is 2.45. The summed E-state index contributed by atoms with van der Waals surface area (Å²) < 4.78 is 1.95. The molecule has 0 bridgehead atoms. The largest absolute Gasteiger partial charge is 0.284 e. The van der Waals surface area contributed by atoms with Crippen LogP contribution >= 0.6 is 0 Å². The maximum absolute atomic E-state index is 4.13. The van der Waals surface area contributed by atoms with Crippen molar-refractivity contribution < 1.29 is 0 Å². The van der Waals surface area contributed by atoms with E-state index in [4.69, 9.17) is 0 Å². The summed E-state index contributed by atoms with van der Waals surface area (Å²) in [7, 11) is 0. The fraction of sp³-hybridized carbons (Fsp3) is 0.846. The van der Waals surface area contributed by atoms with Gasteiger partial charge in [-0.2, -0.15) is 0 Å². The van der Waals surface area contributed by atoms with E-state index in [-0.39, 0.29) is 0 Å². The van der Waals surface area contributed by atoms with Crippen LogP contribution in [0, 0.1) is 5.92 Å². The Labute approximate surface area is 105 Å². The quantitative estimate of drug-likeness (QED) is 0.811. The average Bonchev–Trinajstić information content (AvgIpc) is 2.82. The highest BCUT2D eigenvalue weighted by molar-refractivity contribution is 4.90. The van der Waals surface area contributed by atoms with Crippen LogP contribution in [0.1, 0.15) is 46.2 Å². The predicted molar refractivity (Wildman–Crippen MR) is 70.7 cm³/mol. The minimum atomic E-state index is 0.892. The average molecular weight is 238 g/mol. The molecule has 0 unspecified atom stereocenters. The topological polar surface area (TPSA) is 34.0 Å². The summed E-state index contributed by atoms with van der Waals surface area (Å²) in [6.45, 7) is 11.7. The molecule has 1 aliphatic heterocycles. The number of aromatic nitrogens is 3. The van der Waals surface area contributed by atoms with E-state index in [1.54, 1.807) is 0 Å². The van der Waals surface area contributed by atoms with E-state index in [9.17, 15) is 0 Å². The van der Waals surface area contributed by atoms with E-state index in [0.29, 0.717) is 0 Å². The molecule has 0 amide bonds. The molecule has 4 heteroatoms. The lowest BCUT2D eigenvalue weighted by molar-refractivity contribution is 0.146. The molecule has 2 rings (SSSR count). The standard InChI is InChI=1S/C11H20N4.C2H6/c1-3-11-8-15(13-12-11)9-14-6-4-10(2)5-7-14;1-2/h8,10H,3-7,9H2,1-2H3;1-2H3. The van der Waals surface area contributed by atoms with Crippen LogP contribution in [-0.4, -0.2) is 33.0 Å². The molecular formula is C13H26N4. The summed E-state index contributed by atoms with van der Waals surface area (Å²) in [6, 6.07) is 0. The zero-order chi connectivity index (χ0) is 12.7. The predicted octanol–water partition coefficient (Wildman–Crippen LogP) is 2.56. The van der Waals surface area contributed by atoms with Crippen LogP contribution in [0.2, 0.25) is 0 Å². The minimum Gasteiger partial charge on any atom is -0.284 e. The van der Waals surface area contributed by atoms with Crippen molar-refractivity contribution in [3.63, 3.8) is 0 Å². The molecule has 0 saturated carbocycles. The Hall–Kier alpha value is -0.900. The van der Waals surface area contributed by atoms with Gasteiger partial charge in [0.05, 0.1) is 12.4 Å². The molecule has 4 nitrogen and oxygen atoms in total. The molecule has 0 aromatic carbocycles. The fourth-order valence-corrected chi connectivity index (χ4v) is 1.98. The zero-order valence-electron chi connectivity index (χ0n) is 11.7. The Balaban J connectivity index is 0.000000686. The number of hydrogen-bond donors (Lipinski definition) is 0. The SMILES string of the molecule is CC.CCc1cn(CN2CCC(C)CC2)nn1. The first-order valence-corrected chi connectivity index (χ1v) is 6.89. The zero-order valence-corrected chi connectivity index (χ0v) is 11.7. The summed E-state index contributed by atoms with van der Waals surface area (Å²) >= 11 is 0. The van der Waals surface area contributed by atoms with E-state index in [1.165, 1.54) is 25.9 Å². The number of rotatable bonds is 3. The first kappa shape index (κ1) is 14.2. The molecule has 0 aliphatic carbocycles. The lowest BCUT2D eigenvalue weighted by atomic mass is 10.00. The first-order valence-electron chi connectivity index (χ1n) is 6.89. The highest BCUT2D eigenvalue weighted by Crippen LogP contribution is 2.16. The number of aryl methyl sites for hydroxylation is 1. The number of nitrogens with zero attached hydrogens (tertiary/aromatic N) is 4. The number of piperidine rings is 1. The summed E-state index contributed by atoms with van der Waals surface area (Å²) in [5, 5.41) is 8.23. The van der Waals surface area contributed by atoms with Crippen molar-refractivity contribution in [1.29, 1.82) is 0 Å². The van der Waals surface area contributed by atoms with Crippen LogP contribution in [0.5, 0.6) is 0 Å². The van der Waals surface area contributed by atoms with Crippen molar-refractivity contribution in [2.75, 3.05) is 13.1 Å². The lowest BCUT2D eigenvalue weighted by Crippen LogP contribution is -2.34. The van der Waals surface area contributed by atoms with Gasteiger partial charge in [0, 0.05) is 19.3 Å². The van der Waals surface area contributed by atoms with Crippen molar-refractivity contribution in [3.8, 4) is 0 Å². The highest BCUT2D eigenvalue weighted by Gasteiger charge is 2.15. The first-order chi connectivity index (χ1) is 8.28. The molecule has 0 atom stereocenters. The molecule has 1 saturated heterocycles. The Morgan fingerprint density at radius 3 is 2.47 bits per heavy atom. The molecule has 1 aliphatic rings. The molecular weight excluding hydrogens is 212 g/mol. The third-order valence-electron chi connectivity index (χ3n) is 3.17. The van der Waals surface area contributed by atoms with E-state index in [1.807, 2.05) is 18.5 Å². The Bertz CT molecular complexity index is 300. The van der Waals surface area contributed by atoms with Crippen LogP contribution in [0.15, 0.2) is 6.20 Å². The van der Waals surface area contributed by atoms with Gasteiger partial charge in [-0.3, -0.25) is 4.90 Å². The summed E-state index contributed by atoms with van der Waals surface area (Å²) in [5.41, 5.74) is 1.08. The van der Waals surface area contributed by atoms with Gasteiger partial charge in [0.25, 0.3) is 0 Å². The van der Waals surface area contributed by atoms with Crippen LogP contribution in [0.4, 0.5) is 0 Å².